The van der Waals surface area contributed by atoms with Crippen molar-refractivity contribution in [3.05, 3.63) is 59.1 Å². The van der Waals surface area contributed by atoms with E-state index >= 15 is 0 Å². The maximum absolute atomic E-state index is 9.24. The Morgan fingerprint density at radius 3 is 2.26 bits per heavy atom. The predicted molar refractivity (Wildman–Crippen MR) is 76.4 cm³/mol. The van der Waals surface area contributed by atoms with Gasteiger partial charge in [-0.1, -0.05) is 23.7 Å². The molecule has 0 bridgehead atoms. The SMILES string of the molecule is COc1ccc(NC(C#N)c2ccc(Cl)cc2)cc1. The molecule has 2 rings (SSSR count). The molecule has 0 aromatic heterocycles. The van der Waals surface area contributed by atoms with Crippen LogP contribution in [0.15, 0.2) is 48.5 Å². The number of hydrogen-bond acceptors (Lipinski definition) is 3. The Bertz CT molecular complexity index is 573. The Hall–Kier alpha value is -2.18. The molecule has 3 nitrogen and oxygen atoms in total. The lowest BCUT2D eigenvalue weighted by molar-refractivity contribution is 0.415. The van der Waals surface area contributed by atoms with Crippen LogP contribution in [0.4, 0.5) is 5.69 Å². The number of anilines is 1. The van der Waals surface area contributed by atoms with Crippen LogP contribution < -0.4 is 10.1 Å². The van der Waals surface area contributed by atoms with Gasteiger partial charge in [0.05, 0.1) is 13.2 Å². The molecule has 0 heterocycles. The molecule has 1 unspecified atom stereocenters. The quantitative estimate of drug-likeness (QED) is 0.914. The van der Waals surface area contributed by atoms with Crippen LogP contribution in [-0.2, 0) is 0 Å². The van der Waals surface area contributed by atoms with Crippen LogP contribution in [-0.4, -0.2) is 7.11 Å². The third kappa shape index (κ3) is 3.40. The van der Waals surface area contributed by atoms with Crippen molar-refractivity contribution in [1.82, 2.24) is 0 Å². The first kappa shape index (κ1) is 13.3. The van der Waals surface area contributed by atoms with Gasteiger partial charge in [0, 0.05) is 10.7 Å². The van der Waals surface area contributed by atoms with Gasteiger partial charge in [-0.25, -0.2) is 0 Å². The van der Waals surface area contributed by atoms with E-state index in [2.05, 4.69) is 11.4 Å². The second kappa shape index (κ2) is 6.12. The lowest BCUT2D eigenvalue weighted by Crippen LogP contribution is -2.08. The minimum atomic E-state index is -0.411. The van der Waals surface area contributed by atoms with E-state index in [1.807, 2.05) is 36.4 Å². The summed E-state index contributed by atoms with van der Waals surface area (Å²) in [6.45, 7) is 0. The summed E-state index contributed by atoms with van der Waals surface area (Å²) in [6, 6.07) is 16.5. The van der Waals surface area contributed by atoms with Gasteiger partial charge in [0.25, 0.3) is 0 Å². The first-order valence-electron chi connectivity index (χ1n) is 5.78. The fourth-order valence-electron chi connectivity index (χ4n) is 1.70. The molecular weight excluding hydrogens is 260 g/mol. The molecule has 4 heteroatoms. The van der Waals surface area contributed by atoms with Gasteiger partial charge in [0.1, 0.15) is 11.8 Å². The van der Waals surface area contributed by atoms with Gasteiger partial charge in [0.2, 0.25) is 0 Å². The standard InChI is InChI=1S/C15H13ClN2O/c1-19-14-8-6-13(7-9-14)18-15(10-17)11-2-4-12(16)5-3-11/h2-9,15,18H,1H3. The molecule has 0 aliphatic rings. The lowest BCUT2D eigenvalue weighted by atomic mass is 10.1. The van der Waals surface area contributed by atoms with Crippen molar-refractivity contribution in [2.45, 2.75) is 6.04 Å². The van der Waals surface area contributed by atoms with Crippen LogP contribution in [0.25, 0.3) is 0 Å². The van der Waals surface area contributed by atoms with E-state index in [0.29, 0.717) is 5.02 Å². The monoisotopic (exact) mass is 272 g/mol. The largest absolute Gasteiger partial charge is 0.497 e. The van der Waals surface area contributed by atoms with Gasteiger partial charge >= 0.3 is 0 Å². The van der Waals surface area contributed by atoms with Crippen molar-refractivity contribution in [2.24, 2.45) is 0 Å². The Kier molecular flexibility index (Phi) is 4.27. The molecule has 2 aromatic carbocycles. The van der Waals surface area contributed by atoms with Crippen molar-refractivity contribution in [1.29, 1.82) is 5.26 Å². The number of nitrogens with one attached hydrogen (secondary N) is 1. The summed E-state index contributed by atoms with van der Waals surface area (Å²) in [4.78, 5) is 0. The number of benzene rings is 2. The Morgan fingerprint density at radius 1 is 1.11 bits per heavy atom. The Morgan fingerprint density at radius 2 is 1.74 bits per heavy atom. The lowest BCUT2D eigenvalue weighted by Gasteiger charge is -2.13. The van der Waals surface area contributed by atoms with E-state index in [4.69, 9.17) is 16.3 Å². The molecule has 0 fully saturated rings. The molecule has 96 valence electrons. The first-order valence-corrected chi connectivity index (χ1v) is 6.16. The molecule has 0 aliphatic heterocycles. The molecule has 0 spiro atoms. The summed E-state index contributed by atoms with van der Waals surface area (Å²) in [5.41, 5.74) is 1.74. The van der Waals surface area contributed by atoms with Gasteiger partial charge in [0.15, 0.2) is 0 Å². The van der Waals surface area contributed by atoms with Crippen LogP contribution >= 0.6 is 11.6 Å². The summed E-state index contributed by atoms with van der Waals surface area (Å²) < 4.78 is 5.09. The molecule has 0 radical (unpaired) electrons. The average Bonchev–Trinajstić information content (AvgIpc) is 2.46. The van der Waals surface area contributed by atoms with Crippen LogP contribution in [0, 0.1) is 11.3 Å². The zero-order valence-corrected chi connectivity index (χ0v) is 11.2. The highest BCUT2D eigenvalue weighted by atomic mass is 35.5. The van der Waals surface area contributed by atoms with Gasteiger partial charge in [-0.3, -0.25) is 0 Å². The summed E-state index contributed by atoms with van der Waals surface area (Å²) in [5.74, 6) is 0.783. The number of halogens is 1. The molecule has 1 N–H and O–H groups in total. The molecule has 0 aliphatic carbocycles. The van der Waals surface area contributed by atoms with Crippen molar-refractivity contribution in [3.63, 3.8) is 0 Å². The number of ether oxygens (including phenoxy) is 1. The Labute approximate surface area is 117 Å². The average molecular weight is 273 g/mol. The first-order chi connectivity index (χ1) is 9.22. The smallest absolute Gasteiger partial charge is 0.140 e. The van der Waals surface area contributed by atoms with Crippen molar-refractivity contribution in [2.75, 3.05) is 12.4 Å². The van der Waals surface area contributed by atoms with Gasteiger partial charge in [-0.2, -0.15) is 5.26 Å². The number of methoxy groups -OCH3 is 1. The summed E-state index contributed by atoms with van der Waals surface area (Å²) in [6.07, 6.45) is 0. The molecule has 0 amide bonds. The fraction of sp³-hybridized carbons (Fsp3) is 0.133. The topological polar surface area (TPSA) is 45.0 Å². The maximum Gasteiger partial charge on any atom is 0.140 e. The van der Waals surface area contributed by atoms with Gasteiger partial charge < -0.3 is 10.1 Å². The maximum atomic E-state index is 9.24. The number of nitrogens with zero attached hydrogens (tertiary/aromatic N) is 1. The summed E-state index contributed by atoms with van der Waals surface area (Å²) >= 11 is 5.84. The molecule has 19 heavy (non-hydrogen) atoms. The number of hydrogen-bond donors (Lipinski definition) is 1. The highest BCUT2D eigenvalue weighted by molar-refractivity contribution is 6.30. The van der Waals surface area contributed by atoms with E-state index < -0.39 is 6.04 Å². The number of rotatable bonds is 4. The second-order valence-electron chi connectivity index (χ2n) is 3.99. The highest BCUT2D eigenvalue weighted by Crippen LogP contribution is 2.22. The molecule has 2 aromatic rings. The molecular formula is C15H13ClN2O. The zero-order chi connectivity index (χ0) is 13.7. The van der Waals surface area contributed by atoms with Crippen LogP contribution in [0.1, 0.15) is 11.6 Å². The third-order valence-corrected chi connectivity index (χ3v) is 2.99. The van der Waals surface area contributed by atoms with Crippen molar-refractivity contribution < 1.29 is 4.74 Å². The molecule has 0 saturated carbocycles. The normalized spacial score (nSPS) is 11.4. The van der Waals surface area contributed by atoms with E-state index in [1.54, 1.807) is 19.2 Å². The van der Waals surface area contributed by atoms with E-state index in [-0.39, 0.29) is 0 Å². The second-order valence-corrected chi connectivity index (χ2v) is 4.42. The highest BCUT2D eigenvalue weighted by Gasteiger charge is 2.09. The summed E-state index contributed by atoms with van der Waals surface area (Å²) in [5, 5.41) is 13.1. The minimum Gasteiger partial charge on any atom is -0.497 e. The minimum absolute atomic E-state index is 0.411. The molecule has 0 saturated heterocycles. The summed E-state index contributed by atoms with van der Waals surface area (Å²) in [7, 11) is 1.62. The van der Waals surface area contributed by atoms with Gasteiger partial charge in [-0.05, 0) is 42.0 Å². The van der Waals surface area contributed by atoms with Crippen molar-refractivity contribution in [3.8, 4) is 11.8 Å². The molecule has 1 atom stereocenters. The van der Waals surface area contributed by atoms with Crippen LogP contribution in [0.3, 0.4) is 0 Å². The van der Waals surface area contributed by atoms with E-state index in [1.165, 1.54) is 0 Å². The zero-order valence-electron chi connectivity index (χ0n) is 10.4. The van der Waals surface area contributed by atoms with Crippen LogP contribution in [0.2, 0.25) is 5.02 Å². The van der Waals surface area contributed by atoms with Crippen molar-refractivity contribution >= 4 is 17.3 Å². The van der Waals surface area contributed by atoms with Crippen LogP contribution in [0.5, 0.6) is 5.75 Å². The van der Waals surface area contributed by atoms with E-state index in [9.17, 15) is 5.26 Å². The van der Waals surface area contributed by atoms with Gasteiger partial charge in [-0.15, -0.1) is 0 Å². The fourth-order valence-corrected chi connectivity index (χ4v) is 1.83. The predicted octanol–water partition coefficient (Wildman–Crippen LogP) is 4.03. The van der Waals surface area contributed by atoms with E-state index in [0.717, 1.165) is 17.0 Å². The third-order valence-electron chi connectivity index (χ3n) is 2.73. The Balaban J connectivity index is 2.14. The number of nitriles is 1.